The summed E-state index contributed by atoms with van der Waals surface area (Å²) in [5.41, 5.74) is -0.237. The Kier molecular flexibility index (Phi) is 6.85. The molecule has 12 heteroatoms. The third-order valence-electron chi connectivity index (χ3n) is 4.24. The van der Waals surface area contributed by atoms with Crippen LogP contribution in [0.1, 0.15) is 34.6 Å². The van der Waals surface area contributed by atoms with Gasteiger partial charge < -0.3 is 28.8 Å². The number of rotatable bonds is 5. The van der Waals surface area contributed by atoms with Crippen molar-refractivity contribution in [2.45, 2.75) is 34.6 Å². The van der Waals surface area contributed by atoms with E-state index in [-0.39, 0.29) is 27.9 Å². The number of aromatic nitrogens is 1. The molecule has 0 unspecified atom stereocenters. The number of phenolic OH excluding ortho intramolecular Hbond substituents is 1. The predicted octanol–water partition coefficient (Wildman–Crippen LogP) is 2.72. The Labute approximate surface area is 197 Å². The average Bonchev–Trinajstić information content (AvgIpc) is 2.73. The van der Waals surface area contributed by atoms with Crippen molar-refractivity contribution in [2.24, 2.45) is 0 Å². The van der Waals surface area contributed by atoms with E-state index in [1.807, 2.05) is 0 Å². The molecule has 3 rings (SSSR count). The number of carbonyl (C=O) groups excluding carboxylic acids is 5. The van der Waals surface area contributed by atoms with Gasteiger partial charge in [-0.2, -0.15) is 0 Å². The van der Waals surface area contributed by atoms with Crippen LogP contribution in [0.15, 0.2) is 18.2 Å². The van der Waals surface area contributed by atoms with Gasteiger partial charge >= 0.3 is 29.8 Å². The number of ether oxygens (including phenoxy) is 5. The topological polar surface area (TPSA) is 165 Å². The first-order chi connectivity index (χ1) is 16.4. The van der Waals surface area contributed by atoms with Gasteiger partial charge in [0.2, 0.25) is 17.2 Å². The van der Waals surface area contributed by atoms with Gasteiger partial charge in [0, 0.05) is 40.0 Å². The quantitative estimate of drug-likeness (QED) is 0.319. The second kappa shape index (κ2) is 9.63. The smallest absolute Gasteiger partial charge is 0.308 e. The Morgan fingerprint density at radius 2 is 1.11 bits per heavy atom. The van der Waals surface area contributed by atoms with Crippen molar-refractivity contribution in [1.82, 2.24) is 4.98 Å². The van der Waals surface area contributed by atoms with E-state index in [1.54, 1.807) is 0 Å². The van der Waals surface area contributed by atoms with Gasteiger partial charge in [-0.3, -0.25) is 24.0 Å². The van der Waals surface area contributed by atoms with Gasteiger partial charge in [0.05, 0.1) is 5.39 Å². The van der Waals surface area contributed by atoms with E-state index in [4.69, 9.17) is 23.7 Å². The molecule has 0 bridgehead atoms. The third-order valence-corrected chi connectivity index (χ3v) is 4.24. The van der Waals surface area contributed by atoms with Crippen LogP contribution in [0.5, 0.6) is 34.5 Å². The van der Waals surface area contributed by atoms with Crippen LogP contribution in [-0.4, -0.2) is 39.9 Å². The number of nitrogens with zero attached hydrogens (tertiary/aromatic N) is 1. The Bertz CT molecular complexity index is 1420. The summed E-state index contributed by atoms with van der Waals surface area (Å²) in [4.78, 5) is 62.9. The molecule has 0 saturated carbocycles. The van der Waals surface area contributed by atoms with Crippen LogP contribution in [0.25, 0.3) is 21.8 Å². The molecular formula is C23H19NO11. The highest BCUT2D eigenvalue weighted by atomic mass is 16.6. The van der Waals surface area contributed by atoms with E-state index in [0.29, 0.717) is 5.39 Å². The number of pyridine rings is 1. The van der Waals surface area contributed by atoms with Crippen molar-refractivity contribution < 1.29 is 52.8 Å². The van der Waals surface area contributed by atoms with Gasteiger partial charge in [-0.1, -0.05) is 0 Å². The zero-order valence-corrected chi connectivity index (χ0v) is 19.2. The van der Waals surface area contributed by atoms with Gasteiger partial charge in [0.25, 0.3) is 0 Å². The zero-order chi connectivity index (χ0) is 26.0. The zero-order valence-electron chi connectivity index (χ0n) is 19.2. The molecule has 0 aliphatic rings. The lowest BCUT2D eigenvalue weighted by molar-refractivity contribution is -0.135. The van der Waals surface area contributed by atoms with Crippen LogP contribution in [0.2, 0.25) is 0 Å². The standard InChI is InChI=1S/C23H19NO11/c1-9(25)31-16-7-6-14-8-15-18(24-17(14)20(16)32-10(2)26)21(33-11(3)27)23(35-13(5)29)22(19(15)30)34-12(4)28/h6-8,30H,1-5H3. The lowest BCUT2D eigenvalue weighted by Gasteiger charge is -2.18. The molecule has 0 saturated heterocycles. The SMILES string of the molecule is CC(=O)Oc1ccc2cc3c(O)c(OC(C)=O)c(OC(C)=O)c(OC(C)=O)c3nc2c1OC(C)=O. The second-order valence-corrected chi connectivity index (χ2v) is 7.15. The average molecular weight is 485 g/mol. The number of hydrogen-bond donors (Lipinski definition) is 1. The number of benzene rings is 2. The fourth-order valence-electron chi connectivity index (χ4n) is 3.18. The monoisotopic (exact) mass is 485 g/mol. The van der Waals surface area contributed by atoms with Crippen LogP contribution in [-0.2, 0) is 24.0 Å². The molecule has 0 radical (unpaired) electrons. The van der Waals surface area contributed by atoms with Crippen molar-refractivity contribution >= 4 is 51.7 Å². The Hall–Kier alpha value is -4.74. The maximum atomic E-state index is 11.9. The van der Waals surface area contributed by atoms with E-state index >= 15 is 0 Å². The summed E-state index contributed by atoms with van der Waals surface area (Å²) in [7, 11) is 0. The molecule has 0 atom stereocenters. The van der Waals surface area contributed by atoms with Crippen LogP contribution in [0, 0.1) is 0 Å². The minimum atomic E-state index is -0.885. The molecular weight excluding hydrogens is 466 g/mol. The molecule has 0 spiro atoms. The first-order valence-corrected chi connectivity index (χ1v) is 9.97. The van der Waals surface area contributed by atoms with E-state index in [0.717, 1.165) is 34.6 Å². The summed E-state index contributed by atoms with van der Waals surface area (Å²) in [6.45, 7) is 5.42. The van der Waals surface area contributed by atoms with Crippen molar-refractivity contribution in [3.05, 3.63) is 18.2 Å². The largest absolute Gasteiger partial charge is 0.504 e. The summed E-state index contributed by atoms with van der Waals surface area (Å²) in [6.07, 6.45) is 0. The maximum Gasteiger partial charge on any atom is 0.308 e. The van der Waals surface area contributed by atoms with Gasteiger partial charge in [-0.05, 0) is 18.2 Å². The lowest BCUT2D eigenvalue weighted by atomic mass is 10.1. The minimum Gasteiger partial charge on any atom is -0.504 e. The summed E-state index contributed by atoms with van der Waals surface area (Å²) < 4.78 is 25.7. The second-order valence-electron chi connectivity index (χ2n) is 7.15. The molecule has 0 aliphatic heterocycles. The Balaban J connectivity index is 2.52. The fraction of sp³-hybridized carbons (Fsp3) is 0.217. The molecule has 1 N–H and O–H groups in total. The third kappa shape index (κ3) is 5.27. The summed E-state index contributed by atoms with van der Waals surface area (Å²) in [5, 5.41) is 11.1. The summed E-state index contributed by atoms with van der Waals surface area (Å²) in [5.74, 6) is -6.64. The molecule has 1 heterocycles. The van der Waals surface area contributed by atoms with Crippen LogP contribution in [0.4, 0.5) is 0 Å². The first kappa shape index (κ1) is 24.9. The van der Waals surface area contributed by atoms with E-state index in [2.05, 4.69) is 4.98 Å². The lowest BCUT2D eigenvalue weighted by Crippen LogP contribution is -2.12. The number of hydrogen-bond acceptors (Lipinski definition) is 12. The Morgan fingerprint density at radius 1 is 0.629 bits per heavy atom. The molecule has 1 aromatic heterocycles. The van der Waals surface area contributed by atoms with Crippen LogP contribution >= 0.6 is 0 Å². The molecule has 3 aromatic rings. The highest BCUT2D eigenvalue weighted by Crippen LogP contribution is 2.51. The number of fused-ring (bicyclic) bond motifs is 2. The van der Waals surface area contributed by atoms with E-state index < -0.39 is 52.8 Å². The van der Waals surface area contributed by atoms with Gasteiger partial charge in [0.1, 0.15) is 11.0 Å². The van der Waals surface area contributed by atoms with Gasteiger partial charge in [-0.25, -0.2) is 4.98 Å². The van der Waals surface area contributed by atoms with E-state index in [9.17, 15) is 29.1 Å². The van der Waals surface area contributed by atoms with Crippen molar-refractivity contribution in [3.8, 4) is 34.5 Å². The first-order valence-electron chi connectivity index (χ1n) is 9.97. The van der Waals surface area contributed by atoms with Crippen molar-refractivity contribution in [2.75, 3.05) is 0 Å². The molecule has 2 aromatic carbocycles. The van der Waals surface area contributed by atoms with Crippen LogP contribution in [0.3, 0.4) is 0 Å². The number of aromatic hydroxyl groups is 1. The highest BCUT2D eigenvalue weighted by molar-refractivity contribution is 6.05. The van der Waals surface area contributed by atoms with Gasteiger partial charge in [-0.15, -0.1) is 0 Å². The number of phenols is 1. The molecule has 0 fully saturated rings. The molecule has 0 amide bonds. The summed E-state index contributed by atoms with van der Waals surface area (Å²) in [6, 6.07) is 4.18. The number of carbonyl (C=O) groups is 5. The van der Waals surface area contributed by atoms with Crippen LogP contribution < -0.4 is 23.7 Å². The fourth-order valence-corrected chi connectivity index (χ4v) is 3.18. The number of esters is 5. The van der Waals surface area contributed by atoms with Crippen molar-refractivity contribution in [3.63, 3.8) is 0 Å². The Morgan fingerprint density at radius 3 is 1.66 bits per heavy atom. The summed E-state index contributed by atoms with van der Waals surface area (Å²) >= 11 is 0. The molecule has 0 aliphatic carbocycles. The van der Waals surface area contributed by atoms with Gasteiger partial charge in [0.15, 0.2) is 17.2 Å². The molecule has 182 valence electrons. The van der Waals surface area contributed by atoms with Crippen molar-refractivity contribution in [1.29, 1.82) is 0 Å². The minimum absolute atomic E-state index is 0.0201. The normalized spacial score (nSPS) is 10.5. The highest BCUT2D eigenvalue weighted by Gasteiger charge is 2.29. The molecule has 35 heavy (non-hydrogen) atoms. The predicted molar refractivity (Wildman–Crippen MR) is 117 cm³/mol. The molecule has 12 nitrogen and oxygen atoms in total. The van der Waals surface area contributed by atoms with E-state index in [1.165, 1.54) is 18.2 Å². The maximum absolute atomic E-state index is 11.9.